The smallest absolute Gasteiger partial charge is 0.317 e. The molecular formula is C32H76O8Si7. The third kappa shape index (κ3) is 18.0. The highest BCUT2D eigenvalue weighted by Gasteiger charge is 2.50. The summed E-state index contributed by atoms with van der Waals surface area (Å²) in [6.07, 6.45) is 12.5. The van der Waals surface area contributed by atoms with Gasteiger partial charge in [0.05, 0.1) is 12.2 Å². The Hall–Kier alpha value is 1.20. The van der Waals surface area contributed by atoms with Crippen molar-refractivity contribution in [2.75, 3.05) is 0 Å². The first kappa shape index (κ1) is 44.4. The molecule has 2 saturated carbocycles. The predicted octanol–water partition coefficient (Wildman–Crippen LogP) is 9.67. The molecule has 0 heterocycles. The lowest BCUT2D eigenvalue weighted by Crippen LogP contribution is -2.62. The first-order chi connectivity index (χ1) is 21.2. The first-order valence-electron chi connectivity index (χ1n) is 18.8. The van der Waals surface area contributed by atoms with Gasteiger partial charge in [0.15, 0.2) is 16.6 Å². The van der Waals surface area contributed by atoms with Crippen molar-refractivity contribution in [2.24, 2.45) is 11.8 Å². The quantitative estimate of drug-likeness (QED) is 0.118. The molecule has 0 spiro atoms. The molecule has 2 N–H and O–H groups in total. The Kier molecular flexibility index (Phi) is 16.8. The fourth-order valence-electron chi connectivity index (χ4n) is 8.27. The Balaban J connectivity index is 2.28. The molecular weight excluding hydrogens is 709 g/mol. The van der Waals surface area contributed by atoms with Gasteiger partial charge in [-0.1, -0.05) is 38.5 Å². The van der Waals surface area contributed by atoms with Gasteiger partial charge in [-0.2, -0.15) is 0 Å². The zero-order valence-electron chi connectivity index (χ0n) is 33.1. The zero-order chi connectivity index (χ0) is 36.0. The monoisotopic (exact) mass is 784 g/mol. The van der Waals surface area contributed by atoms with Gasteiger partial charge in [0.2, 0.25) is 0 Å². The molecule has 15 heteroatoms. The topological polar surface area (TPSA) is 95.8 Å². The van der Waals surface area contributed by atoms with Crippen LogP contribution in [0.25, 0.3) is 0 Å². The van der Waals surface area contributed by atoms with E-state index in [9.17, 15) is 10.2 Å². The minimum absolute atomic E-state index is 0.170. The van der Waals surface area contributed by atoms with Crippen molar-refractivity contribution in [3.8, 4) is 0 Å². The van der Waals surface area contributed by atoms with E-state index in [0.717, 1.165) is 76.3 Å². The summed E-state index contributed by atoms with van der Waals surface area (Å²) in [4.78, 5) is 0. The summed E-state index contributed by atoms with van der Waals surface area (Å²) in [5, 5.41) is 21.4. The Morgan fingerprint density at radius 3 is 1.15 bits per heavy atom. The molecule has 0 radical (unpaired) electrons. The molecule has 2 aliphatic rings. The minimum Gasteiger partial charge on any atom is -0.437 e. The van der Waals surface area contributed by atoms with E-state index in [1.165, 1.54) is 12.8 Å². The molecule has 0 saturated heterocycles. The molecule has 0 aromatic heterocycles. The molecule has 6 unspecified atom stereocenters. The minimum atomic E-state index is -2.81. The van der Waals surface area contributed by atoms with Crippen molar-refractivity contribution in [3.63, 3.8) is 0 Å². The van der Waals surface area contributed by atoms with Crippen molar-refractivity contribution in [1.82, 2.24) is 0 Å². The Morgan fingerprint density at radius 1 is 0.426 bits per heavy atom. The standard InChI is InChI=1S/C32H76O8Si7/c1-41(2,3)35-43(7,8)37-44(9,10)38-45(11,12)39-47(14,28-20-24-30-22-16-18-26-32(30)34)40-46(13,36-42(4,5)6)27-19-23-29-21-15-17-25-31(29)33/h29-34H,15-28H2,1-14H3. The number of rotatable bonds is 20. The second kappa shape index (κ2) is 17.8. The maximum absolute atomic E-state index is 10.7. The third-order valence-corrected chi connectivity index (χ3v) is 35.2. The lowest BCUT2D eigenvalue weighted by Gasteiger charge is -2.45. The highest BCUT2D eigenvalue weighted by molar-refractivity contribution is 6.92. The Bertz CT molecular complexity index is 945. The van der Waals surface area contributed by atoms with Gasteiger partial charge >= 0.3 is 42.8 Å². The number of aliphatic hydroxyl groups excluding tert-OH is 2. The SMILES string of the molecule is C[Si](C)(C)O[Si](C)(C)O[Si](C)(C)O[Si](C)(C)O[Si](C)(CCCC1CCCCC1O)O[Si](C)(CCCC1CCCCC1O)O[Si](C)(C)C. The fourth-order valence-corrected chi connectivity index (χ4v) is 42.7. The zero-order valence-corrected chi connectivity index (χ0v) is 40.1. The van der Waals surface area contributed by atoms with Crippen molar-refractivity contribution in [2.45, 2.75) is 193 Å². The van der Waals surface area contributed by atoms with Gasteiger partial charge in [-0.05, 0) is 154 Å². The summed E-state index contributed by atoms with van der Waals surface area (Å²) >= 11 is 0. The molecule has 0 bridgehead atoms. The summed E-state index contributed by atoms with van der Waals surface area (Å²) in [7, 11) is -16.8. The summed E-state index contributed by atoms with van der Waals surface area (Å²) in [5.74, 6) is 0.755. The van der Waals surface area contributed by atoms with Gasteiger partial charge in [0.1, 0.15) is 0 Å². The van der Waals surface area contributed by atoms with Crippen LogP contribution in [0.3, 0.4) is 0 Å². The van der Waals surface area contributed by atoms with Crippen LogP contribution in [-0.4, -0.2) is 81.9 Å². The average molecular weight is 786 g/mol. The molecule has 6 atom stereocenters. The number of hydrogen-bond acceptors (Lipinski definition) is 8. The number of hydrogen-bond donors (Lipinski definition) is 2. The van der Waals surface area contributed by atoms with Crippen molar-refractivity contribution in [1.29, 1.82) is 0 Å². The Labute approximate surface area is 297 Å². The Morgan fingerprint density at radius 2 is 0.766 bits per heavy atom. The molecule has 0 amide bonds. The van der Waals surface area contributed by atoms with Crippen molar-refractivity contribution in [3.05, 3.63) is 0 Å². The van der Waals surface area contributed by atoms with Crippen LogP contribution in [0.4, 0.5) is 0 Å². The summed E-state index contributed by atoms with van der Waals surface area (Å²) in [5.41, 5.74) is 0. The predicted molar refractivity (Wildman–Crippen MR) is 213 cm³/mol. The van der Waals surface area contributed by atoms with E-state index in [2.05, 4.69) is 91.7 Å². The van der Waals surface area contributed by atoms with E-state index in [1.807, 2.05) is 0 Å². The van der Waals surface area contributed by atoms with Crippen LogP contribution in [0.1, 0.15) is 77.0 Å². The van der Waals surface area contributed by atoms with Crippen LogP contribution < -0.4 is 0 Å². The molecule has 47 heavy (non-hydrogen) atoms. The van der Waals surface area contributed by atoms with Crippen LogP contribution in [0.5, 0.6) is 0 Å². The van der Waals surface area contributed by atoms with Gasteiger partial charge in [0.25, 0.3) is 0 Å². The van der Waals surface area contributed by atoms with E-state index in [1.54, 1.807) is 0 Å². The highest BCUT2D eigenvalue weighted by Crippen LogP contribution is 2.36. The van der Waals surface area contributed by atoms with Gasteiger partial charge in [-0.15, -0.1) is 0 Å². The maximum atomic E-state index is 10.7. The van der Waals surface area contributed by atoms with Crippen LogP contribution in [-0.2, 0) is 24.7 Å². The van der Waals surface area contributed by atoms with Gasteiger partial charge in [0, 0.05) is 0 Å². The normalized spacial score (nSPS) is 26.6. The molecule has 0 aromatic carbocycles. The van der Waals surface area contributed by atoms with Gasteiger partial charge < -0.3 is 34.9 Å². The summed E-state index contributed by atoms with van der Waals surface area (Å²) in [6.45, 7) is 30.8. The van der Waals surface area contributed by atoms with Crippen LogP contribution in [0.2, 0.25) is 104 Å². The largest absolute Gasteiger partial charge is 0.437 e. The summed E-state index contributed by atoms with van der Waals surface area (Å²) in [6, 6.07) is 1.77. The number of aliphatic hydroxyl groups is 2. The van der Waals surface area contributed by atoms with Crippen LogP contribution in [0, 0.1) is 11.8 Å². The molecule has 0 aromatic rings. The van der Waals surface area contributed by atoms with Crippen molar-refractivity contribution < 1.29 is 34.9 Å². The van der Waals surface area contributed by atoms with Crippen molar-refractivity contribution >= 4 is 59.4 Å². The van der Waals surface area contributed by atoms with E-state index in [0.29, 0.717) is 11.8 Å². The van der Waals surface area contributed by atoms with E-state index < -0.39 is 59.4 Å². The summed E-state index contributed by atoms with van der Waals surface area (Å²) < 4.78 is 41.9. The van der Waals surface area contributed by atoms with Gasteiger partial charge in [-0.25, -0.2) is 0 Å². The molecule has 8 nitrogen and oxygen atoms in total. The average Bonchev–Trinajstić information content (AvgIpc) is 2.81. The third-order valence-electron chi connectivity index (χ3n) is 9.10. The van der Waals surface area contributed by atoms with E-state index in [-0.39, 0.29) is 12.2 Å². The molecule has 2 rings (SSSR count). The molecule has 2 aliphatic carbocycles. The van der Waals surface area contributed by atoms with Gasteiger partial charge in [-0.3, -0.25) is 0 Å². The van der Waals surface area contributed by atoms with E-state index in [4.69, 9.17) is 24.7 Å². The first-order valence-corrected chi connectivity index (χ1v) is 39.1. The highest BCUT2D eigenvalue weighted by atomic mass is 28.5. The van der Waals surface area contributed by atoms with E-state index >= 15 is 0 Å². The van der Waals surface area contributed by atoms with Crippen LogP contribution in [0.15, 0.2) is 0 Å². The molecule has 0 aliphatic heterocycles. The lowest BCUT2D eigenvalue weighted by molar-refractivity contribution is 0.0645. The second-order valence-electron chi connectivity index (χ2n) is 18.3. The maximum Gasteiger partial charge on any atom is 0.317 e. The second-order valence-corrected chi connectivity index (χ2v) is 45.6. The molecule has 280 valence electrons. The van der Waals surface area contributed by atoms with Crippen LogP contribution >= 0.6 is 0 Å². The fraction of sp³-hybridized carbons (Fsp3) is 1.00. The lowest BCUT2D eigenvalue weighted by atomic mass is 9.84. The molecule has 2 fully saturated rings.